The van der Waals surface area contributed by atoms with Crippen molar-refractivity contribution in [1.29, 1.82) is 0 Å². The van der Waals surface area contributed by atoms with Gasteiger partial charge in [0.2, 0.25) is 0 Å². The van der Waals surface area contributed by atoms with E-state index in [1.165, 1.54) is 5.56 Å². The Labute approximate surface area is 150 Å². The van der Waals surface area contributed by atoms with Crippen molar-refractivity contribution >= 4 is 11.6 Å². The SMILES string of the molecule is COc1cc(C(=O)Nc2c(C)cc(C)cc2C)ccc1OCC(C)C. The van der Waals surface area contributed by atoms with E-state index >= 15 is 0 Å². The molecule has 0 radical (unpaired) electrons. The molecule has 0 unspecified atom stereocenters. The summed E-state index contributed by atoms with van der Waals surface area (Å²) in [4.78, 5) is 12.6. The minimum Gasteiger partial charge on any atom is -0.493 e. The standard InChI is InChI=1S/C21H27NO3/c1-13(2)12-25-18-8-7-17(11-19(18)24-6)21(23)22-20-15(4)9-14(3)10-16(20)5/h7-11,13H,12H2,1-6H3,(H,22,23). The first-order valence-corrected chi connectivity index (χ1v) is 8.51. The van der Waals surface area contributed by atoms with Crippen LogP contribution in [0.1, 0.15) is 40.9 Å². The third-order valence-corrected chi connectivity index (χ3v) is 3.91. The molecule has 2 rings (SSSR count). The molecule has 0 aliphatic carbocycles. The summed E-state index contributed by atoms with van der Waals surface area (Å²) in [5.41, 5.74) is 4.67. The van der Waals surface area contributed by atoms with E-state index in [4.69, 9.17) is 9.47 Å². The van der Waals surface area contributed by atoms with Crippen molar-refractivity contribution in [1.82, 2.24) is 0 Å². The first-order chi connectivity index (χ1) is 11.8. The Kier molecular flexibility index (Phi) is 6.07. The molecular formula is C21H27NO3. The number of methoxy groups -OCH3 is 1. The normalized spacial score (nSPS) is 10.7. The Morgan fingerprint density at radius 3 is 2.24 bits per heavy atom. The number of hydrogen-bond acceptors (Lipinski definition) is 3. The molecule has 0 atom stereocenters. The summed E-state index contributed by atoms with van der Waals surface area (Å²) in [5, 5.41) is 3.01. The summed E-state index contributed by atoms with van der Waals surface area (Å²) in [5.74, 6) is 1.46. The van der Waals surface area contributed by atoms with Crippen molar-refractivity contribution < 1.29 is 14.3 Å². The van der Waals surface area contributed by atoms with Gasteiger partial charge in [0.05, 0.1) is 13.7 Å². The van der Waals surface area contributed by atoms with Gasteiger partial charge in [0, 0.05) is 11.3 Å². The quantitative estimate of drug-likeness (QED) is 0.812. The molecule has 2 aromatic rings. The number of nitrogens with one attached hydrogen (secondary N) is 1. The molecule has 0 fully saturated rings. The number of rotatable bonds is 6. The minimum absolute atomic E-state index is 0.163. The second-order valence-corrected chi connectivity index (χ2v) is 6.80. The van der Waals surface area contributed by atoms with Gasteiger partial charge in [-0.3, -0.25) is 4.79 Å². The van der Waals surface area contributed by atoms with Gasteiger partial charge in [-0.25, -0.2) is 0 Å². The zero-order valence-electron chi connectivity index (χ0n) is 15.9. The average molecular weight is 341 g/mol. The number of aryl methyl sites for hydroxylation is 3. The van der Waals surface area contributed by atoms with Crippen LogP contribution in [0.2, 0.25) is 0 Å². The second-order valence-electron chi connectivity index (χ2n) is 6.80. The number of carbonyl (C=O) groups excluding carboxylic acids is 1. The topological polar surface area (TPSA) is 47.6 Å². The van der Waals surface area contributed by atoms with E-state index in [0.29, 0.717) is 29.6 Å². The van der Waals surface area contributed by atoms with Crippen molar-refractivity contribution in [3.8, 4) is 11.5 Å². The third kappa shape index (κ3) is 4.75. The Morgan fingerprint density at radius 1 is 1.04 bits per heavy atom. The first-order valence-electron chi connectivity index (χ1n) is 8.51. The Morgan fingerprint density at radius 2 is 1.68 bits per heavy atom. The smallest absolute Gasteiger partial charge is 0.255 e. The molecule has 0 spiro atoms. The lowest BCUT2D eigenvalue weighted by Crippen LogP contribution is -2.14. The van der Waals surface area contributed by atoms with Crippen molar-refractivity contribution in [2.75, 3.05) is 19.0 Å². The van der Waals surface area contributed by atoms with Gasteiger partial charge < -0.3 is 14.8 Å². The van der Waals surface area contributed by atoms with E-state index in [0.717, 1.165) is 16.8 Å². The number of amides is 1. The maximum Gasteiger partial charge on any atom is 0.255 e. The molecule has 4 nitrogen and oxygen atoms in total. The van der Waals surface area contributed by atoms with E-state index in [2.05, 4.69) is 31.3 Å². The molecule has 0 saturated heterocycles. The molecule has 0 heterocycles. The molecule has 134 valence electrons. The van der Waals surface area contributed by atoms with Gasteiger partial charge in [-0.1, -0.05) is 31.5 Å². The minimum atomic E-state index is -0.163. The average Bonchev–Trinajstić information content (AvgIpc) is 2.55. The highest BCUT2D eigenvalue weighted by atomic mass is 16.5. The van der Waals surface area contributed by atoms with Crippen LogP contribution in [0.5, 0.6) is 11.5 Å². The lowest BCUT2D eigenvalue weighted by atomic mass is 10.0. The van der Waals surface area contributed by atoms with E-state index in [1.54, 1.807) is 25.3 Å². The number of carbonyl (C=O) groups is 1. The molecule has 1 N–H and O–H groups in total. The van der Waals surface area contributed by atoms with Crippen LogP contribution in [0.3, 0.4) is 0 Å². The third-order valence-electron chi connectivity index (χ3n) is 3.91. The Balaban J connectivity index is 2.22. The number of benzene rings is 2. The molecule has 0 aromatic heterocycles. The lowest BCUT2D eigenvalue weighted by Gasteiger charge is -2.15. The van der Waals surface area contributed by atoms with Crippen LogP contribution in [0.15, 0.2) is 30.3 Å². The highest BCUT2D eigenvalue weighted by Crippen LogP contribution is 2.29. The summed E-state index contributed by atoms with van der Waals surface area (Å²) >= 11 is 0. The zero-order chi connectivity index (χ0) is 18.6. The molecule has 4 heteroatoms. The molecule has 0 bridgehead atoms. The molecule has 25 heavy (non-hydrogen) atoms. The highest BCUT2D eigenvalue weighted by molar-refractivity contribution is 6.05. The zero-order valence-corrected chi connectivity index (χ0v) is 15.9. The van der Waals surface area contributed by atoms with Crippen molar-refractivity contribution in [3.05, 3.63) is 52.6 Å². The summed E-state index contributed by atoms with van der Waals surface area (Å²) in [6.45, 7) is 10.8. The van der Waals surface area contributed by atoms with Gasteiger partial charge in [-0.2, -0.15) is 0 Å². The van der Waals surface area contributed by atoms with E-state index in [1.807, 2.05) is 20.8 Å². The molecule has 2 aromatic carbocycles. The highest BCUT2D eigenvalue weighted by Gasteiger charge is 2.14. The number of anilines is 1. The van der Waals surface area contributed by atoms with Crippen LogP contribution >= 0.6 is 0 Å². The maximum atomic E-state index is 12.6. The van der Waals surface area contributed by atoms with Crippen molar-refractivity contribution in [2.45, 2.75) is 34.6 Å². The molecule has 0 aliphatic rings. The Bertz CT molecular complexity index is 743. The summed E-state index contributed by atoms with van der Waals surface area (Å²) in [7, 11) is 1.58. The maximum absolute atomic E-state index is 12.6. The largest absolute Gasteiger partial charge is 0.493 e. The Hall–Kier alpha value is -2.49. The fourth-order valence-corrected chi connectivity index (χ4v) is 2.75. The van der Waals surface area contributed by atoms with Gasteiger partial charge in [0.1, 0.15) is 0 Å². The van der Waals surface area contributed by atoms with Gasteiger partial charge >= 0.3 is 0 Å². The van der Waals surface area contributed by atoms with Crippen LogP contribution in [-0.4, -0.2) is 19.6 Å². The monoisotopic (exact) mass is 341 g/mol. The second kappa shape index (κ2) is 8.06. The summed E-state index contributed by atoms with van der Waals surface area (Å²) in [6.07, 6.45) is 0. The molecular weight excluding hydrogens is 314 g/mol. The summed E-state index contributed by atoms with van der Waals surface area (Å²) < 4.78 is 11.1. The number of ether oxygens (including phenoxy) is 2. The van der Waals surface area contributed by atoms with Crippen LogP contribution in [0.25, 0.3) is 0 Å². The van der Waals surface area contributed by atoms with Gasteiger partial charge in [0.25, 0.3) is 5.91 Å². The number of hydrogen-bond donors (Lipinski definition) is 1. The van der Waals surface area contributed by atoms with Gasteiger partial charge in [-0.05, 0) is 56.0 Å². The lowest BCUT2D eigenvalue weighted by molar-refractivity contribution is 0.102. The molecule has 1 amide bonds. The predicted octanol–water partition coefficient (Wildman–Crippen LogP) is 4.91. The summed E-state index contributed by atoms with van der Waals surface area (Å²) in [6, 6.07) is 9.37. The molecule has 0 saturated carbocycles. The van der Waals surface area contributed by atoms with Crippen LogP contribution in [-0.2, 0) is 0 Å². The fraction of sp³-hybridized carbons (Fsp3) is 0.381. The predicted molar refractivity (Wildman–Crippen MR) is 102 cm³/mol. The molecule has 0 aliphatic heterocycles. The van der Waals surface area contributed by atoms with E-state index in [9.17, 15) is 4.79 Å². The van der Waals surface area contributed by atoms with E-state index < -0.39 is 0 Å². The van der Waals surface area contributed by atoms with Crippen molar-refractivity contribution in [3.63, 3.8) is 0 Å². The van der Waals surface area contributed by atoms with Gasteiger partial charge in [0.15, 0.2) is 11.5 Å². The van der Waals surface area contributed by atoms with Crippen LogP contribution < -0.4 is 14.8 Å². The van der Waals surface area contributed by atoms with Crippen LogP contribution in [0, 0.1) is 26.7 Å². The van der Waals surface area contributed by atoms with Crippen LogP contribution in [0.4, 0.5) is 5.69 Å². The van der Waals surface area contributed by atoms with E-state index in [-0.39, 0.29) is 5.91 Å². The fourth-order valence-electron chi connectivity index (χ4n) is 2.75. The first kappa shape index (κ1) is 18.8. The van der Waals surface area contributed by atoms with Crippen molar-refractivity contribution in [2.24, 2.45) is 5.92 Å². The van der Waals surface area contributed by atoms with Gasteiger partial charge in [-0.15, -0.1) is 0 Å².